The summed E-state index contributed by atoms with van der Waals surface area (Å²) < 4.78 is 7.37. The maximum atomic E-state index is 5.59. The summed E-state index contributed by atoms with van der Waals surface area (Å²) in [6.07, 6.45) is 3.66. The summed E-state index contributed by atoms with van der Waals surface area (Å²) in [4.78, 5) is 4.17. The van der Waals surface area contributed by atoms with Crippen LogP contribution in [0.15, 0.2) is 24.5 Å². The van der Waals surface area contributed by atoms with Gasteiger partial charge >= 0.3 is 0 Å². The smallest absolute Gasteiger partial charge is 0.137 e. The van der Waals surface area contributed by atoms with Gasteiger partial charge in [-0.3, -0.25) is 4.98 Å². The van der Waals surface area contributed by atoms with Crippen LogP contribution in [0.25, 0.3) is 0 Å². The van der Waals surface area contributed by atoms with Crippen molar-refractivity contribution in [2.75, 3.05) is 13.2 Å². The third-order valence-electron chi connectivity index (χ3n) is 2.62. The lowest BCUT2D eigenvalue weighted by molar-refractivity contribution is 0.288. The van der Waals surface area contributed by atoms with E-state index in [4.69, 9.17) is 4.74 Å². The summed E-state index contributed by atoms with van der Waals surface area (Å²) in [5, 5.41) is 11.3. The summed E-state index contributed by atoms with van der Waals surface area (Å²) in [6, 6.07) is 3.85. The molecule has 0 saturated heterocycles. The van der Waals surface area contributed by atoms with Crippen LogP contribution in [-0.4, -0.2) is 33.1 Å². The summed E-state index contributed by atoms with van der Waals surface area (Å²) in [5.41, 5.74) is 1.93. The minimum Gasteiger partial charge on any atom is -0.490 e. The number of nitrogens with zero attached hydrogens (tertiary/aromatic N) is 4. The number of ether oxygens (including phenoxy) is 1. The van der Waals surface area contributed by atoms with Crippen LogP contribution < -0.4 is 10.1 Å². The van der Waals surface area contributed by atoms with E-state index in [9.17, 15) is 0 Å². The molecule has 2 aromatic heterocycles. The molecule has 0 spiro atoms. The Morgan fingerprint density at radius 1 is 1.37 bits per heavy atom. The molecule has 6 nitrogen and oxygen atoms in total. The summed E-state index contributed by atoms with van der Waals surface area (Å²) in [7, 11) is 0. The summed E-state index contributed by atoms with van der Waals surface area (Å²) >= 11 is 0. The van der Waals surface area contributed by atoms with Crippen LogP contribution in [-0.2, 0) is 13.1 Å². The number of rotatable bonds is 7. The summed E-state index contributed by atoms with van der Waals surface area (Å²) in [5.74, 6) is 0.776. The molecular formula is C13H19N5O. The van der Waals surface area contributed by atoms with Crippen molar-refractivity contribution in [1.82, 2.24) is 25.3 Å². The first-order valence-electron chi connectivity index (χ1n) is 6.43. The molecule has 0 aromatic carbocycles. The van der Waals surface area contributed by atoms with Gasteiger partial charge in [0.2, 0.25) is 0 Å². The van der Waals surface area contributed by atoms with E-state index in [0.29, 0.717) is 13.2 Å². The molecule has 19 heavy (non-hydrogen) atoms. The molecule has 0 aliphatic carbocycles. The van der Waals surface area contributed by atoms with Crippen LogP contribution in [0, 0.1) is 6.92 Å². The minimum absolute atomic E-state index is 0.550. The number of aromatic nitrogens is 4. The highest BCUT2D eigenvalue weighted by atomic mass is 16.5. The zero-order valence-corrected chi connectivity index (χ0v) is 11.3. The standard InChI is InChI=1S/C13H19N5O/c1-3-14-8-12-10-18(17-16-12)6-7-19-13-5-4-11(2)15-9-13/h4-5,9-10,14H,3,6-8H2,1-2H3. The molecule has 0 fully saturated rings. The van der Waals surface area contributed by atoms with E-state index in [1.165, 1.54) is 0 Å². The van der Waals surface area contributed by atoms with Crippen LogP contribution in [0.2, 0.25) is 0 Å². The molecule has 6 heteroatoms. The molecule has 0 bridgehead atoms. The van der Waals surface area contributed by atoms with E-state index < -0.39 is 0 Å². The Kier molecular flexibility index (Phi) is 4.85. The average molecular weight is 261 g/mol. The maximum absolute atomic E-state index is 5.59. The van der Waals surface area contributed by atoms with E-state index in [0.717, 1.165) is 30.2 Å². The molecule has 0 amide bonds. The SMILES string of the molecule is CCNCc1cn(CCOc2ccc(C)nc2)nn1. The third kappa shape index (κ3) is 4.33. The van der Waals surface area contributed by atoms with E-state index in [-0.39, 0.29) is 0 Å². The second kappa shape index (κ2) is 6.84. The van der Waals surface area contributed by atoms with E-state index in [1.807, 2.05) is 25.3 Å². The first-order chi connectivity index (χ1) is 9.28. The quantitative estimate of drug-likeness (QED) is 0.810. The van der Waals surface area contributed by atoms with Crippen molar-refractivity contribution in [3.63, 3.8) is 0 Å². The highest BCUT2D eigenvalue weighted by molar-refractivity contribution is 5.18. The molecule has 0 radical (unpaired) electrons. The number of aryl methyl sites for hydroxylation is 1. The Morgan fingerprint density at radius 3 is 3.00 bits per heavy atom. The average Bonchev–Trinajstić information content (AvgIpc) is 2.87. The first-order valence-corrected chi connectivity index (χ1v) is 6.43. The fourth-order valence-corrected chi connectivity index (χ4v) is 1.58. The molecular weight excluding hydrogens is 242 g/mol. The normalized spacial score (nSPS) is 10.6. The molecule has 0 aliphatic heterocycles. The van der Waals surface area contributed by atoms with Gasteiger partial charge in [0.1, 0.15) is 12.4 Å². The number of pyridine rings is 1. The highest BCUT2D eigenvalue weighted by Crippen LogP contribution is 2.08. The number of hydrogen-bond acceptors (Lipinski definition) is 5. The fraction of sp³-hybridized carbons (Fsp3) is 0.462. The van der Waals surface area contributed by atoms with Gasteiger partial charge in [-0.1, -0.05) is 12.1 Å². The highest BCUT2D eigenvalue weighted by Gasteiger charge is 2.00. The van der Waals surface area contributed by atoms with Crippen molar-refractivity contribution in [1.29, 1.82) is 0 Å². The van der Waals surface area contributed by atoms with Gasteiger partial charge in [0.15, 0.2) is 0 Å². The number of hydrogen-bond donors (Lipinski definition) is 1. The first kappa shape index (κ1) is 13.5. The van der Waals surface area contributed by atoms with Gasteiger partial charge in [0.25, 0.3) is 0 Å². The van der Waals surface area contributed by atoms with Gasteiger partial charge in [-0.15, -0.1) is 5.10 Å². The van der Waals surface area contributed by atoms with Gasteiger partial charge in [-0.2, -0.15) is 0 Å². The molecule has 1 N–H and O–H groups in total. The Morgan fingerprint density at radius 2 is 2.26 bits per heavy atom. The minimum atomic E-state index is 0.550. The van der Waals surface area contributed by atoms with E-state index in [1.54, 1.807) is 10.9 Å². The Bertz CT molecular complexity index is 494. The van der Waals surface area contributed by atoms with Gasteiger partial charge in [0.05, 0.1) is 18.4 Å². The molecule has 2 heterocycles. The second-order valence-corrected chi connectivity index (χ2v) is 4.24. The predicted octanol–water partition coefficient (Wildman–Crippen LogP) is 1.17. The van der Waals surface area contributed by atoms with Crippen LogP contribution in [0.4, 0.5) is 0 Å². The van der Waals surface area contributed by atoms with Crippen LogP contribution in [0.3, 0.4) is 0 Å². The molecule has 0 aliphatic rings. The van der Waals surface area contributed by atoms with Crippen molar-refractivity contribution in [3.05, 3.63) is 35.9 Å². The van der Waals surface area contributed by atoms with E-state index >= 15 is 0 Å². The van der Waals surface area contributed by atoms with E-state index in [2.05, 4.69) is 27.5 Å². The zero-order valence-electron chi connectivity index (χ0n) is 11.3. The van der Waals surface area contributed by atoms with Crippen molar-refractivity contribution in [2.24, 2.45) is 0 Å². The molecule has 0 unspecified atom stereocenters. The molecule has 2 aromatic rings. The molecule has 2 rings (SSSR count). The Labute approximate surface area is 112 Å². The van der Waals surface area contributed by atoms with Gasteiger partial charge in [0, 0.05) is 18.4 Å². The summed E-state index contributed by atoms with van der Waals surface area (Å²) in [6.45, 7) is 6.91. The maximum Gasteiger partial charge on any atom is 0.137 e. The molecule has 0 saturated carbocycles. The van der Waals surface area contributed by atoms with Crippen molar-refractivity contribution in [2.45, 2.75) is 26.9 Å². The van der Waals surface area contributed by atoms with Crippen LogP contribution in [0.1, 0.15) is 18.3 Å². The third-order valence-corrected chi connectivity index (χ3v) is 2.62. The van der Waals surface area contributed by atoms with Gasteiger partial charge in [-0.25, -0.2) is 4.68 Å². The Balaban J connectivity index is 1.76. The molecule has 0 atom stereocenters. The lowest BCUT2D eigenvalue weighted by Crippen LogP contribution is -2.12. The topological polar surface area (TPSA) is 64.9 Å². The predicted molar refractivity (Wildman–Crippen MR) is 71.9 cm³/mol. The largest absolute Gasteiger partial charge is 0.490 e. The fourth-order valence-electron chi connectivity index (χ4n) is 1.58. The van der Waals surface area contributed by atoms with Gasteiger partial charge in [-0.05, 0) is 25.6 Å². The van der Waals surface area contributed by atoms with Crippen LogP contribution in [0.5, 0.6) is 5.75 Å². The monoisotopic (exact) mass is 261 g/mol. The Hall–Kier alpha value is -1.95. The van der Waals surface area contributed by atoms with Gasteiger partial charge < -0.3 is 10.1 Å². The van der Waals surface area contributed by atoms with Crippen molar-refractivity contribution < 1.29 is 4.74 Å². The zero-order chi connectivity index (χ0) is 13.5. The molecule has 102 valence electrons. The lowest BCUT2D eigenvalue weighted by Gasteiger charge is -2.05. The van der Waals surface area contributed by atoms with Crippen LogP contribution >= 0.6 is 0 Å². The second-order valence-electron chi connectivity index (χ2n) is 4.24. The van der Waals surface area contributed by atoms with Crippen molar-refractivity contribution in [3.8, 4) is 5.75 Å². The number of nitrogens with one attached hydrogen (secondary N) is 1. The lowest BCUT2D eigenvalue weighted by atomic mass is 10.4. The van der Waals surface area contributed by atoms with Crippen molar-refractivity contribution >= 4 is 0 Å².